The Morgan fingerprint density at radius 1 is 0.346 bits per heavy atom. The quantitative estimate of drug-likeness (QED) is 0.177. The van der Waals surface area contributed by atoms with Crippen LogP contribution >= 0.6 is 0 Å². The van der Waals surface area contributed by atoms with Gasteiger partial charge in [-0.25, -0.2) is 0 Å². The first-order chi connectivity index (χ1) is 25.6. The van der Waals surface area contributed by atoms with E-state index in [4.69, 9.17) is 0 Å². The lowest BCUT2D eigenvalue weighted by molar-refractivity contribution is 0.730. The Kier molecular flexibility index (Phi) is 6.78. The van der Waals surface area contributed by atoms with Crippen molar-refractivity contribution < 1.29 is 0 Å². The molecular weight excluding hydrogens is 629 g/mol. The van der Waals surface area contributed by atoms with Gasteiger partial charge in [0, 0.05) is 24.8 Å². The SMILES string of the molecule is Cc1cc2c3c(c1)C(c1ccccc1)(c1ccc(-c4cccnc4)cc1)c1cc(C)cc(c1-3)C2(c1ccccc1)c1ccc(-c2cccnc2)cc1. The van der Waals surface area contributed by atoms with E-state index in [0.29, 0.717) is 0 Å². The molecule has 0 unspecified atom stereocenters. The van der Waals surface area contributed by atoms with Gasteiger partial charge in [0.1, 0.15) is 0 Å². The summed E-state index contributed by atoms with van der Waals surface area (Å²) in [7, 11) is 0. The van der Waals surface area contributed by atoms with Crippen molar-refractivity contribution in [3.63, 3.8) is 0 Å². The fourth-order valence-corrected chi connectivity index (χ4v) is 9.43. The van der Waals surface area contributed by atoms with Gasteiger partial charge in [-0.1, -0.05) is 157 Å². The van der Waals surface area contributed by atoms with E-state index < -0.39 is 10.8 Å². The molecule has 0 atom stereocenters. The topological polar surface area (TPSA) is 25.8 Å². The largest absolute Gasteiger partial charge is 0.264 e. The molecule has 52 heavy (non-hydrogen) atoms. The second kappa shape index (κ2) is 11.6. The molecule has 2 aromatic heterocycles. The molecule has 2 heteroatoms. The molecule has 2 heterocycles. The lowest BCUT2D eigenvalue weighted by atomic mass is 9.62. The molecule has 0 spiro atoms. The standard InChI is InChI=1S/C50H36N2/c1-33-27-43-47-44(28-33)50(40-15-7-4-8-16-40,42-23-19-36(20-24-42)38-12-10-26-52-32-38)46-30-34(2)29-45(48(46)47)49(43,39-13-5-3-6-14-39)41-21-17-35(18-22-41)37-11-9-25-51-31-37/h3-32H,1-2H3. The predicted octanol–water partition coefficient (Wildman–Crippen LogP) is 11.5. The lowest BCUT2D eigenvalue weighted by Gasteiger charge is -2.39. The van der Waals surface area contributed by atoms with Crippen molar-refractivity contribution in [2.45, 2.75) is 24.7 Å². The number of rotatable bonds is 6. The number of hydrogen-bond donors (Lipinski definition) is 0. The maximum absolute atomic E-state index is 4.40. The highest BCUT2D eigenvalue weighted by molar-refractivity contribution is 5.98. The highest BCUT2D eigenvalue weighted by atomic mass is 14.6. The number of nitrogens with zero attached hydrogens (tertiary/aromatic N) is 2. The highest BCUT2D eigenvalue weighted by Crippen LogP contribution is 2.67. The van der Waals surface area contributed by atoms with Crippen LogP contribution in [-0.4, -0.2) is 9.97 Å². The molecule has 0 bridgehead atoms. The van der Waals surface area contributed by atoms with Gasteiger partial charge in [0.05, 0.1) is 10.8 Å². The van der Waals surface area contributed by atoms with E-state index in [2.05, 4.69) is 169 Å². The first kappa shape index (κ1) is 30.4. The average Bonchev–Trinajstić information content (AvgIpc) is 3.66. The Balaban J connectivity index is 1.29. The van der Waals surface area contributed by atoms with Gasteiger partial charge in [-0.15, -0.1) is 0 Å². The fraction of sp³-hybridized carbons (Fsp3) is 0.0800. The van der Waals surface area contributed by atoms with Crippen molar-refractivity contribution in [3.8, 4) is 33.4 Å². The van der Waals surface area contributed by atoms with Gasteiger partial charge in [-0.3, -0.25) is 9.97 Å². The zero-order valence-corrected chi connectivity index (χ0v) is 29.2. The second-order valence-corrected chi connectivity index (χ2v) is 14.3. The summed E-state index contributed by atoms with van der Waals surface area (Å²) in [6.45, 7) is 4.54. The zero-order chi connectivity index (χ0) is 34.9. The number of aromatic nitrogens is 2. The van der Waals surface area contributed by atoms with E-state index in [1.165, 1.54) is 77.9 Å². The third-order valence-electron chi connectivity index (χ3n) is 11.5. The van der Waals surface area contributed by atoms with Crippen molar-refractivity contribution in [2.24, 2.45) is 0 Å². The summed E-state index contributed by atoms with van der Waals surface area (Å²) in [6.07, 6.45) is 7.55. The highest BCUT2D eigenvalue weighted by Gasteiger charge is 2.56. The predicted molar refractivity (Wildman–Crippen MR) is 212 cm³/mol. The van der Waals surface area contributed by atoms with Crippen molar-refractivity contribution in [2.75, 3.05) is 0 Å². The maximum Gasteiger partial charge on any atom is 0.0713 e. The fourth-order valence-electron chi connectivity index (χ4n) is 9.43. The van der Waals surface area contributed by atoms with E-state index in [1.54, 1.807) is 0 Å². The Labute approximate surface area is 305 Å². The van der Waals surface area contributed by atoms with Crippen LogP contribution in [0.5, 0.6) is 0 Å². The summed E-state index contributed by atoms with van der Waals surface area (Å²) in [5.41, 5.74) is 19.4. The molecule has 2 nitrogen and oxygen atoms in total. The molecule has 2 aliphatic rings. The zero-order valence-electron chi connectivity index (χ0n) is 29.2. The molecule has 2 aliphatic carbocycles. The minimum Gasteiger partial charge on any atom is -0.264 e. The molecule has 0 aliphatic heterocycles. The van der Waals surface area contributed by atoms with Crippen LogP contribution in [0.2, 0.25) is 0 Å². The monoisotopic (exact) mass is 664 g/mol. The molecule has 6 aromatic carbocycles. The molecule has 0 N–H and O–H groups in total. The van der Waals surface area contributed by atoms with E-state index >= 15 is 0 Å². The normalized spacial score (nSPS) is 14.3. The van der Waals surface area contributed by atoms with Gasteiger partial charge in [0.25, 0.3) is 0 Å². The van der Waals surface area contributed by atoms with Crippen LogP contribution in [-0.2, 0) is 10.8 Å². The molecule has 0 fully saturated rings. The summed E-state index contributed by atoms with van der Waals surface area (Å²) >= 11 is 0. The van der Waals surface area contributed by atoms with Crippen LogP contribution in [0.1, 0.15) is 55.6 Å². The van der Waals surface area contributed by atoms with E-state index in [-0.39, 0.29) is 0 Å². The molecule has 8 aromatic rings. The van der Waals surface area contributed by atoms with Gasteiger partial charge in [0.2, 0.25) is 0 Å². The van der Waals surface area contributed by atoms with Crippen molar-refractivity contribution in [1.82, 2.24) is 9.97 Å². The van der Waals surface area contributed by atoms with Crippen LogP contribution in [0.25, 0.3) is 33.4 Å². The Hall–Kier alpha value is -6.38. The molecule has 0 amide bonds. The van der Waals surface area contributed by atoms with Crippen LogP contribution in [0, 0.1) is 13.8 Å². The van der Waals surface area contributed by atoms with Crippen molar-refractivity contribution in [1.29, 1.82) is 0 Å². The summed E-state index contributed by atoms with van der Waals surface area (Å²) in [5, 5.41) is 0. The summed E-state index contributed by atoms with van der Waals surface area (Å²) in [5.74, 6) is 0. The van der Waals surface area contributed by atoms with Crippen molar-refractivity contribution >= 4 is 0 Å². The van der Waals surface area contributed by atoms with Crippen LogP contribution in [0.4, 0.5) is 0 Å². The first-order valence-electron chi connectivity index (χ1n) is 18.0. The molecular formula is C50H36N2. The Bertz CT molecular complexity index is 2360. The second-order valence-electron chi connectivity index (χ2n) is 14.3. The smallest absolute Gasteiger partial charge is 0.0713 e. The van der Waals surface area contributed by atoms with Gasteiger partial charge < -0.3 is 0 Å². The molecule has 10 rings (SSSR count). The minimum absolute atomic E-state index is 0.492. The summed E-state index contributed by atoms with van der Waals surface area (Å²) in [4.78, 5) is 8.80. The first-order valence-corrected chi connectivity index (χ1v) is 18.0. The van der Waals surface area contributed by atoms with E-state index in [0.717, 1.165) is 11.1 Å². The summed E-state index contributed by atoms with van der Waals surface area (Å²) in [6, 6.07) is 58.9. The molecule has 246 valence electrons. The average molecular weight is 665 g/mol. The maximum atomic E-state index is 4.40. The third kappa shape index (κ3) is 4.18. The third-order valence-corrected chi connectivity index (χ3v) is 11.5. The Morgan fingerprint density at radius 3 is 1.02 bits per heavy atom. The van der Waals surface area contributed by atoms with Crippen LogP contribution < -0.4 is 0 Å². The number of pyridine rings is 2. The minimum atomic E-state index is -0.492. The van der Waals surface area contributed by atoms with Gasteiger partial charge in [-0.05, 0) is 104 Å². The van der Waals surface area contributed by atoms with Crippen molar-refractivity contribution in [3.05, 3.63) is 238 Å². The van der Waals surface area contributed by atoms with Crippen LogP contribution in [0.3, 0.4) is 0 Å². The molecule has 0 radical (unpaired) electrons. The van der Waals surface area contributed by atoms with Gasteiger partial charge in [0.15, 0.2) is 0 Å². The number of hydrogen-bond acceptors (Lipinski definition) is 2. The lowest BCUT2D eigenvalue weighted by Crippen LogP contribution is -2.33. The number of aryl methyl sites for hydroxylation is 2. The summed E-state index contributed by atoms with van der Waals surface area (Å²) < 4.78 is 0. The van der Waals surface area contributed by atoms with Crippen LogP contribution in [0.15, 0.2) is 183 Å². The van der Waals surface area contributed by atoms with E-state index in [9.17, 15) is 0 Å². The molecule has 0 saturated carbocycles. The van der Waals surface area contributed by atoms with Gasteiger partial charge >= 0.3 is 0 Å². The Morgan fingerprint density at radius 2 is 0.692 bits per heavy atom. The van der Waals surface area contributed by atoms with E-state index in [1.807, 2.05) is 36.9 Å². The number of benzene rings is 6. The van der Waals surface area contributed by atoms with Gasteiger partial charge in [-0.2, -0.15) is 0 Å². The molecule has 0 saturated heterocycles.